The number of hydrogen-bond donors (Lipinski definition) is 0. The van der Waals surface area contributed by atoms with Gasteiger partial charge in [0, 0.05) is 46.7 Å². The number of nitrogens with zero attached hydrogens (tertiary/aromatic N) is 3. The number of carbonyl (C=O) groups is 1. The highest BCUT2D eigenvalue weighted by molar-refractivity contribution is 5.82. The molecule has 2 heterocycles. The van der Waals surface area contributed by atoms with Gasteiger partial charge in [0.05, 0.1) is 12.0 Å². The van der Waals surface area contributed by atoms with E-state index in [4.69, 9.17) is 4.74 Å². The summed E-state index contributed by atoms with van der Waals surface area (Å²) in [6.07, 6.45) is 8.72. The van der Waals surface area contributed by atoms with Crippen LogP contribution in [0.1, 0.15) is 31.2 Å². The van der Waals surface area contributed by atoms with E-state index in [1.165, 1.54) is 5.56 Å². The molecule has 1 amide bonds. The van der Waals surface area contributed by atoms with E-state index in [2.05, 4.69) is 16.0 Å². The SMILES string of the molecule is COCCN1CCC[C@@](CCCc2cccnc2)(C(=O)N(C)C)C1. The quantitative estimate of drug-likeness (QED) is 0.732. The third kappa shape index (κ3) is 5.02. The molecule has 2 rings (SSSR count). The molecule has 1 fully saturated rings. The lowest BCUT2D eigenvalue weighted by Gasteiger charge is -2.43. The summed E-state index contributed by atoms with van der Waals surface area (Å²) in [4.78, 5) is 21.3. The van der Waals surface area contributed by atoms with Gasteiger partial charge in [-0.15, -0.1) is 0 Å². The topological polar surface area (TPSA) is 45.7 Å². The van der Waals surface area contributed by atoms with Crippen molar-refractivity contribution in [1.82, 2.24) is 14.8 Å². The second kappa shape index (κ2) is 9.14. The van der Waals surface area contributed by atoms with Gasteiger partial charge in [0.15, 0.2) is 0 Å². The van der Waals surface area contributed by atoms with Crippen molar-refractivity contribution in [3.63, 3.8) is 0 Å². The first-order valence-corrected chi connectivity index (χ1v) is 8.89. The molecule has 0 radical (unpaired) electrons. The summed E-state index contributed by atoms with van der Waals surface area (Å²) >= 11 is 0. The molecule has 24 heavy (non-hydrogen) atoms. The van der Waals surface area contributed by atoms with Crippen LogP contribution in [0.4, 0.5) is 0 Å². The molecule has 5 heteroatoms. The van der Waals surface area contributed by atoms with Crippen LogP contribution in [-0.4, -0.2) is 68.1 Å². The summed E-state index contributed by atoms with van der Waals surface area (Å²) in [6, 6.07) is 4.09. The molecule has 1 saturated heterocycles. The molecule has 1 atom stereocenters. The number of hydrogen-bond acceptors (Lipinski definition) is 4. The Morgan fingerprint density at radius 1 is 1.46 bits per heavy atom. The van der Waals surface area contributed by atoms with Crippen LogP contribution in [0.5, 0.6) is 0 Å². The number of pyridine rings is 1. The fourth-order valence-electron chi connectivity index (χ4n) is 3.78. The summed E-state index contributed by atoms with van der Waals surface area (Å²) in [6.45, 7) is 3.54. The maximum atomic E-state index is 12.9. The Hall–Kier alpha value is -1.46. The Bertz CT molecular complexity index is 507. The predicted molar refractivity (Wildman–Crippen MR) is 95.9 cm³/mol. The zero-order valence-electron chi connectivity index (χ0n) is 15.3. The Labute approximate surface area is 146 Å². The molecule has 1 aliphatic heterocycles. The minimum absolute atomic E-state index is 0.252. The fraction of sp³-hybridized carbons (Fsp3) is 0.684. The van der Waals surface area contributed by atoms with E-state index in [0.717, 1.165) is 58.3 Å². The third-order valence-corrected chi connectivity index (χ3v) is 4.97. The van der Waals surface area contributed by atoms with Crippen LogP contribution in [0.25, 0.3) is 0 Å². The number of likely N-dealkylation sites (tertiary alicyclic amines) is 1. The van der Waals surface area contributed by atoms with Gasteiger partial charge in [-0.2, -0.15) is 0 Å². The molecule has 5 nitrogen and oxygen atoms in total. The fourth-order valence-corrected chi connectivity index (χ4v) is 3.78. The van der Waals surface area contributed by atoms with Gasteiger partial charge in [0.1, 0.15) is 0 Å². The van der Waals surface area contributed by atoms with E-state index in [1.807, 2.05) is 26.4 Å². The molecule has 0 saturated carbocycles. The van der Waals surface area contributed by atoms with E-state index in [1.54, 1.807) is 18.2 Å². The Balaban J connectivity index is 2.01. The Kier molecular flexibility index (Phi) is 7.18. The van der Waals surface area contributed by atoms with Gasteiger partial charge in [0.2, 0.25) is 5.91 Å². The van der Waals surface area contributed by atoms with E-state index in [-0.39, 0.29) is 11.3 Å². The zero-order chi connectivity index (χ0) is 17.4. The van der Waals surface area contributed by atoms with Gasteiger partial charge in [-0.25, -0.2) is 0 Å². The molecule has 1 aromatic rings. The number of aromatic nitrogens is 1. The highest BCUT2D eigenvalue weighted by atomic mass is 16.5. The van der Waals surface area contributed by atoms with E-state index in [9.17, 15) is 4.79 Å². The average molecular weight is 333 g/mol. The Morgan fingerprint density at radius 3 is 2.96 bits per heavy atom. The highest BCUT2D eigenvalue weighted by Gasteiger charge is 2.42. The summed E-state index contributed by atoms with van der Waals surface area (Å²) in [7, 11) is 5.48. The maximum Gasteiger partial charge on any atom is 0.229 e. The first kappa shape index (κ1) is 18.9. The Morgan fingerprint density at radius 2 is 2.29 bits per heavy atom. The number of carbonyl (C=O) groups excluding carboxylic acids is 1. The van der Waals surface area contributed by atoms with Crippen LogP contribution >= 0.6 is 0 Å². The molecule has 0 N–H and O–H groups in total. The van der Waals surface area contributed by atoms with Crippen molar-refractivity contribution in [3.05, 3.63) is 30.1 Å². The highest BCUT2D eigenvalue weighted by Crippen LogP contribution is 2.36. The van der Waals surface area contributed by atoms with Crippen LogP contribution in [-0.2, 0) is 16.0 Å². The zero-order valence-corrected chi connectivity index (χ0v) is 15.3. The number of aryl methyl sites for hydroxylation is 1. The molecule has 0 bridgehead atoms. The smallest absolute Gasteiger partial charge is 0.229 e. The van der Waals surface area contributed by atoms with Crippen molar-refractivity contribution in [2.45, 2.75) is 32.1 Å². The van der Waals surface area contributed by atoms with Gasteiger partial charge in [-0.1, -0.05) is 6.07 Å². The monoisotopic (exact) mass is 333 g/mol. The summed E-state index contributed by atoms with van der Waals surface area (Å²) in [5.74, 6) is 0.274. The molecule has 0 spiro atoms. The minimum Gasteiger partial charge on any atom is -0.383 e. The number of amides is 1. The molecule has 1 aromatic heterocycles. The third-order valence-electron chi connectivity index (χ3n) is 4.97. The summed E-state index contributed by atoms with van der Waals surface area (Å²) < 4.78 is 5.22. The van der Waals surface area contributed by atoms with E-state index >= 15 is 0 Å². The summed E-state index contributed by atoms with van der Waals surface area (Å²) in [5.41, 5.74) is 0.995. The molecule has 0 aromatic carbocycles. The molecule has 0 aliphatic carbocycles. The van der Waals surface area contributed by atoms with Gasteiger partial charge in [0.25, 0.3) is 0 Å². The first-order chi connectivity index (χ1) is 11.6. The molecule has 1 aliphatic rings. The second-order valence-electron chi connectivity index (χ2n) is 7.07. The van der Waals surface area contributed by atoms with E-state index in [0.29, 0.717) is 0 Å². The summed E-state index contributed by atoms with van der Waals surface area (Å²) in [5, 5.41) is 0. The number of piperidine rings is 1. The molecular weight excluding hydrogens is 302 g/mol. The maximum absolute atomic E-state index is 12.9. The lowest BCUT2D eigenvalue weighted by molar-refractivity contribution is -0.144. The van der Waals surface area contributed by atoms with E-state index < -0.39 is 0 Å². The van der Waals surface area contributed by atoms with Crippen molar-refractivity contribution >= 4 is 5.91 Å². The van der Waals surface area contributed by atoms with Crippen LogP contribution in [0.3, 0.4) is 0 Å². The van der Waals surface area contributed by atoms with Gasteiger partial charge >= 0.3 is 0 Å². The lowest BCUT2D eigenvalue weighted by atomic mass is 9.74. The molecule has 0 unspecified atom stereocenters. The lowest BCUT2D eigenvalue weighted by Crippen LogP contribution is -2.52. The van der Waals surface area contributed by atoms with Crippen molar-refractivity contribution in [2.75, 3.05) is 47.4 Å². The van der Waals surface area contributed by atoms with Crippen molar-refractivity contribution in [1.29, 1.82) is 0 Å². The minimum atomic E-state index is -0.252. The van der Waals surface area contributed by atoms with Crippen LogP contribution < -0.4 is 0 Å². The largest absolute Gasteiger partial charge is 0.383 e. The normalized spacial score (nSPS) is 21.6. The standard InChI is InChI=1S/C19H31N3O2/c1-21(2)18(23)19(9-4-7-17-8-5-11-20-15-17)10-6-12-22(16-19)13-14-24-3/h5,8,11,15H,4,6-7,9-10,12-14,16H2,1-3H3/t19-/m1/s1. The van der Waals surface area contributed by atoms with Crippen LogP contribution in [0.15, 0.2) is 24.5 Å². The molecular formula is C19H31N3O2. The van der Waals surface area contributed by atoms with Crippen molar-refractivity contribution in [2.24, 2.45) is 5.41 Å². The predicted octanol–water partition coefficient (Wildman–Crippen LogP) is 2.22. The van der Waals surface area contributed by atoms with Gasteiger partial charge < -0.3 is 9.64 Å². The average Bonchev–Trinajstić information content (AvgIpc) is 2.60. The van der Waals surface area contributed by atoms with Crippen molar-refractivity contribution < 1.29 is 9.53 Å². The van der Waals surface area contributed by atoms with Crippen LogP contribution in [0.2, 0.25) is 0 Å². The van der Waals surface area contributed by atoms with Gasteiger partial charge in [-0.3, -0.25) is 14.7 Å². The van der Waals surface area contributed by atoms with Gasteiger partial charge in [-0.05, 0) is 50.3 Å². The number of rotatable bonds is 8. The molecule has 134 valence electrons. The first-order valence-electron chi connectivity index (χ1n) is 8.89. The second-order valence-corrected chi connectivity index (χ2v) is 7.07. The van der Waals surface area contributed by atoms with Crippen LogP contribution in [0, 0.1) is 5.41 Å². The van der Waals surface area contributed by atoms with Crippen molar-refractivity contribution in [3.8, 4) is 0 Å². The number of methoxy groups -OCH3 is 1. The number of ether oxygens (including phenoxy) is 1.